The molecule has 1 aliphatic heterocycles. The Hall–Kier alpha value is -3.62. The van der Waals surface area contributed by atoms with Crippen molar-refractivity contribution in [3.8, 4) is 5.75 Å². The molecule has 0 radical (unpaired) electrons. The van der Waals surface area contributed by atoms with E-state index in [2.05, 4.69) is 15.3 Å². The number of nitro groups is 1. The number of H-pyrrole nitrogens is 1. The van der Waals surface area contributed by atoms with Gasteiger partial charge >= 0.3 is 11.6 Å². The van der Waals surface area contributed by atoms with Crippen LogP contribution in [-0.4, -0.2) is 21.0 Å². The van der Waals surface area contributed by atoms with Crippen molar-refractivity contribution in [2.45, 2.75) is 6.17 Å². The van der Waals surface area contributed by atoms with Crippen LogP contribution in [0, 0.1) is 10.1 Å². The average molecular weight is 325 g/mol. The lowest BCUT2D eigenvalue weighted by Crippen LogP contribution is -2.48. The molecule has 3 aromatic rings. The van der Waals surface area contributed by atoms with Crippen LogP contribution in [0.5, 0.6) is 5.75 Å². The largest absolute Gasteiger partial charge is 0.502 e. The van der Waals surface area contributed by atoms with Gasteiger partial charge in [-0.1, -0.05) is 18.2 Å². The van der Waals surface area contributed by atoms with E-state index in [0.29, 0.717) is 11.5 Å². The first-order valence-corrected chi connectivity index (χ1v) is 7.15. The van der Waals surface area contributed by atoms with Crippen molar-refractivity contribution in [2.75, 3.05) is 5.32 Å². The first-order valence-electron chi connectivity index (χ1n) is 7.15. The van der Waals surface area contributed by atoms with Crippen molar-refractivity contribution >= 4 is 28.6 Å². The summed E-state index contributed by atoms with van der Waals surface area (Å²) in [6.45, 7) is 0. The quantitative estimate of drug-likeness (QED) is 0.321. The van der Waals surface area contributed by atoms with Gasteiger partial charge in [-0.3, -0.25) is 10.1 Å². The molecule has 0 bridgehead atoms. The van der Waals surface area contributed by atoms with Gasteiger partial charge in [-0.25, -0.2) is 14.9 Å². The van der Waals surface area contributed by atoms with Crippen molar-refractivity contribution in [3.63, 3.8) is 0 Å². The lowest BCUT2D eigenvalue weighted by Gasteiger charge is -2.18. The number of nitro benzene ring substituents is 1. The summed E-state index contributed by atoms with van der Waals surface area (Å²) in [4.78, 5) is 18.0. The molecule has 9 nitrogen and oxygen atoms in total. The van der Waals surface area contributed by atoms with Crippen LogP contribution < -0.4 is 15.6 Å². The molecular weight excluding hydrogens is 312 g/mol. The van der Waals surface area contributed by atoms with Gasteiger partial charge in [-0.05, 0) is 18.2 Å². The minimum atomic E-state index is -0.725. The molecule has 5 N–H and O–H groups in total. The van der Waals surface area contributed by atoms with E-state index in [-0.39, 0.29) is 11.6 Å². The number of anilines is 1. The highest BCUT2D eigenvalue weighted by Gasteiger charge is 2.34. The van der Waals surface area contributed by atoms with Gasteiger partial charge in [0.2, 0.25) is 11.9 Å². The van der Waals surface area contributed by atoms with E-state index in [1.54, 1.807) is 10.6 Å². The number of phenolic OH excluding ortho intramolecular Hbond substituents is 1. The number of guanidine groups is 1. The molecule has 0 saturated carbocycles. The Morgan fingerprint density at radius 3 is 2.83 bits per heavy atom. The molecule has 2 aromatic carbocycles. The van der Waals surface area contributed by atoms with Crippen LogP contribution in [0.2, 0.25) is 0 Å². The monoisotopic (exact) mass is 325 g/mol. The second-order valence-electron chi connectivity index (χ2n) is 5.35. The lowest BCUT2D eigenvalue weighted by atomic mass is 10.1. The lowest BCUT2D eigenvalue weighted by molar-refractivity contribution is -0.674. The Balaban J connectivity index is 1.98. The van der Waals surface area contributed by atoms with Gasteiger partial charge < -0.3 is 10.8 Å². The van der Waals surface area contributed by atoms with E-state index in [9.17, 15) is 15.2 Å². The molecule has 1 aliphatic rings. The fraction of sp³-hybridized carbons (Fsp3) is 0.0667. The number of imidazole rings is 1. The van der Waals surface area contributed by atoms with Gasteiger partial charge in [0.15, 0.2) is 0 Å². The molecule has 120 valence electrons. The number of fused-ring (bicyclic) bond motifs is 3. The van der Waals surface area contributed by atoms with Crippen LogP contribution in [0.1, 0.15) is 11.7 Å². The molecule has 24 heavy (non-hydrogen) atoms. The summed E-state index contributed by atoms with van der Waals surface area (Å²) < 4.78 is 1.80. The van der Waals surface area contributed by atoms with Gasteiger partial charge in [0.25, 0.3) is 5.96 Å². The maximum Gasteiger partial charge on any atom is 0.365 e. The third-order valence-electron chi connectivity index (χ3n) is 3.93. The maximum absolute atomic E-state index is 11.1. The predicted molar refractivity (Wildman–Crippen MR) is 86.6 cm³/mol. The number of nitrogens with one attached hydrogen (secondary N) is 2. The predicted octanol–water partition coefficient (Wildman–Crippen LogP) is 1.36. The summed E-state index contributed by atoms with van der Waals surface area (Å²) >= 11 is 0. The summed E-state index contributed by atoms with van der Waals surface area (Å²) in [7, 11) is 0. The minimum Gasteiger partial charge on any atom is -0.502 e. The van der Waals surface area contributed by atoms with Crippen LogP contribution in [0.4, 0.5) is 11.6 Å². The molecule has 0 saturated heterocycles. The SMILES string of the molecule is NC1=N[C@H](c2cccc([N+](=O)[O-])c2O)[n+]2c([nH]c3ccccc32)N1. The summed E-state index contributed by atoms with van der Waals surface area (Å²) in [6.07, 6.45) is -0.725. The van der Waals surface area contributed by atoms with E-state index in [1.165, 1.54) is 12.1 Å². The number of aromatic amines is 1. The number of hydrogen-bond acceptors (Lipinski definition) is 6. The van der Waals surface area contributed by atoms with Crippen LogP contribution in [0.3, 0.4) is 0 Å². The zero-order valence-electron chi connectivity index (χ0n) is 12.3. The van der Waals surface area contributed by atoms with Gasteiger partial charge in [0, 0.05) is 6.07 Å². The topological polar surface area (TPSA) is 133 Å². The molecular formula is C15H13N6O3+. The molecule has 2 heterocycles. The highest BCUT2D eigenvalue weighted by Crippen LogP contribution is 2.35. The van der Waals surface area contributed by atoms with Crippen LogP contribution in [-0.2, 0) is 0 Å². The zero-order valence-corrected chi connectivity index (χ0v) is 12.3. The Kier molecular flexibility index (Phi) is 2.89. The summed E-state index contributed by atoms with van der Waals surface area (Å²) in [6, 6.07) is 11.9. The number of aliphatic imine (C=N–C) groups is 1. The maximum atomic E-state index is 11.1. The molecule has 1 aromatic heterocycles. The van der Waals surface area contributed by atoms with Crippen molar-refractivity contribution in [1.82, 2.24) is 4.98 Å². The highest BCUT2D eigenvalue weighted by atomic mass is 16.6. The normalized spacial score (nSPS) is 16.3. The number of para-hydroxylation sites is 3. The molecule has 0 amide bonds. The van der Waals surface area contributed by atoms with E-state index >= 15 is 0 Å². The number of benzene rings is 2. The minimum absolute atomic E-state index is 0.150. The van der Waals surface area contributed by atoms with Crippen LogP contribution in [0.15, 0.2) is 47.5 Å². The summed E-state index contributed by atoms with van der Waals surface area (Å²) in [5, 5.41) is 24.4. The first kappa shape index (κ1) is 14.0. The molecule has 9 heteroatoms. The number of nitrogens with two attached hydrogens (primary N) is 1. The number of rotatable bonds is 2. The smallest absolute Gasteiger partial charge is 0.365 e. The average Bonchev–Trinajstić information content (AvgIpc) is 2.92. The van der Waals surface area contributed by atoms with Gasteiger partial charge in [0.1, 0.15) is 11.0 Å². The third-order valence-corrected chi connectivity index (χ3v) is 3.93. The number of phenols is 1. The van der Waals surface area contributed by atoms with Crippen molar-refractivity contribution in [1.29, 1.82) is 0 Å². The Bertz CT molecular complexity index is 1010. The summed E-state index contributed by atoms with van der Waals surface area (Å²) in [5.74, 6) is 0.312. The molecule has 0 spiro atoms. The second-order valence-corrected chi connectivity index (χ2v) is 5.35. The standard InChI is InChI=1S/C15H12N6O3/c16-14-18-13(8-4-3-7-11(12(8)22)21(23)24)20-10-6-2-1-5-9(10)17-15(20)19-14/h1-7,13H,(H4,16,17,18,19,22)/p+1/t13-/m0/s1. The Labute approximate surface area is 135 Å². The second kappa shape index (κ2) is 4.95. The molecule has 4 rings (SSSR count). The molecule has 1 atom stereocenters. The van der Waals surface area contributed by atoms with Crippen LogP contribution >= 0.6 is 0 Å². The highest BCUT2D eigenvalue weighted by molar-refractivity contribution is 5.92. The van der Waals surface area contributed by atoms with E-state index < -0.39 is 16.8 Å². The molecule has 0 unspecified atom stereocenters. The fourth-order valence-corrected chi connectivity index (χ4v) is 2.90. The van der Waals surface area contributed by atoms with Gasteiger partial charge in [-0.15, -0.1) is 0 Å². The van der Waals surface area contributed by atoms with Crippen molar-refractivity contribution in [2.24, 2.45) is 10.7 Å². The third kappa shape index (κ3) is 1.95. The van der Waals surface area contributed by atoms with E-state index in [0.717, 1.165) is 11.0 Å². The molecule has 0 fully saturated rings. The van der Waals surface area contributed by atoms with Crippen molar-refractivity contribution in [3.05, 3.63) is 58.1 Å². The van der Waals surface area contributed by atoms with E-state index in [1.807, 2.05) is 24.3 Å². The summed E-state index contributed by atoms with van der Waals surface area (Å²) in [5.41, 5.74) is 7.43. The molecule has 0 aliphatic carbocycles. The number of aromatic hydroxyl groups is 1. The van der Waals surface area contributed by atoms with Crippen molar-refractivity contribution < 1.29 is 14.6 Å². The van der Waals surface area contributed by atoms with Gasteiger partial charge in [-0.2, -0.15) is 4.99 Å². The van der Waals surface area contributed by atoms with Crippen LogP contribution in [0.25, 0.3) is 11.0 Å². The Morgan fingerprint density at radius 2 is 2.04 bits per heavy atom. The number of hydrogen-bond donors (Lipinski definition) is 4. The fourth-order valence-electron chi connectivity index (χ4n) is 2.90. The zero-order chi connectivity index (χ0) is 16.8. The first-order chi connectivity index (χ1) is 11.6. The number of aromatic nitrogens is 2. The van der Waals surface area contributed by atoms with E-state index in [4.69, 9.17) is 5.73 Å². The van der Waals surface area contributed by atoms with Gasteiger partial charge in [0.05, 0.1) is 10.5 Å². The number of nitrogens with zero attached hydrogens (tertiary/aromatic N) is 3. The Morgan fingerprint density at radius 1 is 1.25 bits per heavy atom.